The zero-order chi connectivity index (χ0) is 22.5. The minimum atomic E-state index is -0.384. The first-order valence-electron chi connectivity index (χ1n) is 10.1. The third-order valence-electron chi connectivity index (χ3n) is 4.70. The molecule has 160 valence electrons. The van der Waals surface area contributed by atoms with Crippen LogP contribution in [0, 0.1) is 5.82 Å². The van der Waals surface area contributed by atoms with E-state index in [0.29, 0.717) is 22.1 Å². The number of fused-ring (bicyclic) bond motifs is 1. The highest BCUT2D eigenvalue weighted by Crippen LogP contribution is 2.35. The smallest absolute Gasteiger partial charge is 0.141 e. The Kier molecular flexibility index (Phi) is 6.37. The number of hydrogen-bond acceptors (Lipinski definition) is 5. The fourth-order valence-electron chi connectivity index (χ4n) is 3.31. The fraction of sp³-hybridized carbons (Fsp3) is 0.0833. The lowest BCUT2D eigenvalue weighted by atomic mass is 9.98. The Hall–Kier alpha value is -3.84. The van der Waals surface area contributed by atoms with Gasteiger partial charge in [0.05, 0.1) is 23.1 Å². The average molecular weight is 447 g/mol. The number of nitrogens with zero attached hydrogens (tertiary/aromatic N) is 4. The van der Waals surface area contributed by atoms with E-state index in [1.165, 1.54) is 18.5 Å². The summed E-state index contributed by atoms with van der Waals surface area (Å²) in [7, 11) is 0. The molecule has 6 nitrogen and oxygen atoms in total. The van der Waals surface area contributed by atoms with Gasteiger partial charge in [0, 0.05) is 33.9 Å². The van der Waals surface area contributed by atoms with E-state index in [9.17, 15) is 4.39 Å². The highest BCUT2D eigenvalue weighted by atomic mass is 35.5. The Morgan fingerprint density at radius 2 is 1.84 bits per heavy atom. The molecule has 0 radical (unpaired) electrons. The van der Waals surface area contributed by atoms with Gasteiger partial charge in [0.2, 0.25) is 0 Å². The molecule has 2 N–H and O–H groups in total. The van der Waals surface area contributed by atoms with E-state index in [0.717, 1.165) is 27.7 Å². The van der Waals surface area contributed by atoms with Crippen LogP contribution in [0.1, 0.15) is 13.8 Å². The van der Waals surface area contributed by atoms with Gasteiger partial charge in [-0.1, -0.05) is 37.6 Å². The number of halogens is 2. The van der Waals surface area contributed by atoms with Crippen LogP contribution in [0.25, 0.3) is 33.3 Å². The van der Waals surface area contributed by atoms with Crippen LogP contribution in [-0.4, -0.2) is 25.1 Å². The molecule has 0 aliphatic rings. The number of hydrogen-bond donors (Lipinski definition) is 2. The Morgan fingerprint density at radius 3 is 2.66 bits per heavy atom. The van der Waals surface area contributed by atoms with Crippen molar-refractivity contribution in [1.29, 1.82) is 0 Å². The van der Waals surface area contributed by atoms with Crippen LogP contribution in [0.15, 0.2) is 73.4 Å². The van der Waals surface area contributed by atoms with Crippen LogP contribution >= 0.6 is 11.6 Å². The number of nitrogens with one attached hydrogen (secondary N) is 2. The normalized spacial score (nSPS) is 10.5. The van der Waals surface area contributed by atoms with Crippen LogP contribution < -0.4 is 5.32 Å². The number of anilines is 2. The summed E-state index contributed by atoms with van der Waals surface area (Å²) < 4.78 is 14.5. The van der Waals surface area contributed by atoms with Gasteiger partial charge in [-0.05, 0) is 42.0 Å². The van der Waals surface area contributed by atoms with Crippen LogP contribution in [0.2, 0.25) is 5.02 Å². The number of rotatable bonds is 4. The molecular formula is C24H20ClFN6. The molecule has 3 heterocycles. The van der Waals surface area contributed by atoms with E-state index in [2.05, 4.69) is 30.5 Å². The molecule has 2 aromatic carbocycles. The molecule has 0 amide bonds. The lowest BCUT2D eigenvalue weighted by Crippen LogP contribution is -1.96. The van der Waals surface area contributed by atoms with Gasteiger partial charge in [-0.2, -0.15) is 5.10 Å². The maximum Gasteiger partial charge on any atom is 0.141 e. The molecule has 0 aliphatic carbocycles. The van der Waals surface area contributed by atoms with Crippen LogP contribution in [0.4, 0.5) is 15.9 Å². The first kappa shape index (κ1) is 21.4. The molecular weight excluding hydrogens is 427 g/mol. The summed E-state index contributed by atoms with van der Waals surface area (Å²) in [6, 6.07) is 14.0. The Labute approximate surface area is 189 Å². The maximum absolute atomic E-state index is 14.5. The number of H-pyrrole nitrogens is 1. The minimum absolute atomic E-state index is 0.347. The maximum atomic E-state index is 14.5. The molecule has 3 aromatic heterocycles. The largest absolute Gasteiger partial charge is 0.337 e. The fourth-order valence-corrected chi connectivity index (χ4v) is 3.48. The van der Waals surface area contributed by atoms with Crippen molar-refractivity contribution in [2.75, 3.05) is 5.32 Å². The third kappa shape index (κ3) is 4.29. The van der Waals surface area contributed by atoms with Crippen molar-refractivity contribution in [3.8, 4) is 22.4 Å². The van der Waals surface area contributed by atoms with Crippen LogP contribution in [0.3, 0.4) is 0 Å². The third-order valence-corrected chi connectivity index (χ3v) is 4.93. The summed E-state index contributed by atoms with van der Waals surface area (Å²) in [6.45, 7) is 4.00. The van der Waals surface area contributed by atoms with Gasteiger partial charge in [-0.15, -0.1) is 0 Å². The highest BCUT2D eigenvalue weighted by molar-refractivity contribution is 6.30. The Balaban J connectivity index is 0.00000119. The van der Waals surface area contributed by atoms with Crippen LogP contribution in [-0.2, 0) is 0 Å². The zero-order valence-corrected chi connectivity index (χ0v) is 18.2. The van der Waals surface area contributed by atoms with Crippen molar-refractivity contribution in [2.45, 2.75) is 13.8 Å². The lowest BCUT2D eigenvalue weighted by Gasteiger charge is -2.12. The van der Waals surface area contributed by atoms with Gasteiger partial charge in [0.1, 0.15) is 18.0 Å². The van der Waals surface area contributed by atoms with Crippen molar-refractivity contribution >= 4 is 34.0 Å². The average Bonchev–Trinajstić information content (AvgIpc) is 3.35. The SMILES string of the molecule is CC.Fc1ccc(Cl)cc1-c1ncccc1-c1ccc2ncnc(Nc3cn[nH]c3)c2c1. The molecule has 0 fully saturated rings. The van der Waals surface area contributed by atoms with E-state index in [4.69, 9.17) is 11.6 Å². The Morgan fingerprint density at radius 1 is 0.969 bits per heavy atom. The molecule has 8 heteroatoms. The topological polar surface area (TPSA) is 79.4 Å². The summed E-state index contributed by atoms with van der Waals surface area (Å²) in [5.41, 5.74) is 4.05. The van der Waals surface area contributed by atoms with Crippen molar-refractivity contribution < 1.29 is 4.39 Å². The Bertz CT molecular complexity index is 1350. The van der Waals surface area contributed by atoms with E-state index in [1.807, 2.05) is 44.2 Å². The second-order valence-corrected chi connectivity index (χ2v) is 7.03. The zero-order valence-electron chi connectivity index (χ0n) is 17.5. The van der Waals surface area contributed by atoms with Crippen LogP contribution in [0.5, 0.6) is 0 Å². The van der Waals surface area contributed by atoms with Crippen molar-refractivity contribution in [3.63, 3.8) is 0 Å². The first-order valence-corrected chi connectivity index (χ1v) is 10.5. The molecule has 0 saturated carbocycles. The monoisotopic (exact) mass is 446 g/mol. The molecule has 0 saturated heterocycles. The summed E-state index contributed by atoms with van der Waals surface area (Å²) in [4.78, 5) is 13.1. The molecule has 5 rings (SSSR count). The number of aromatic amines is 1. The summed E-state index contributed by atoms with van der Waals surface area (Å²) in [5.74, 6) is 0.258. The molecule has 32 heavy (non-hydrogen) atoms. The predicted octanol–water partition coefficient (Wildman–Crippen LogP) is 6.64. The van der Waals surface area contributed by atoms with E-state index in [-0.39, 0.29) is 5.82 Å². The number of pyridine rings is 1. The van der Waals surface area contributed by atoms with E-state index >= 15 is 0 Å². The summed E-state index contributed by atoms with van der Waals surface area (Å²) in [6.07, 6.45) is 6.54. The van der Waals surface area contributed by atoms with Gasteiger partial charge >= 0.3 is 0 Å². The molecule has 0 aliphatic heterocycles. The summed E-state index contributed by atoms with van der Waals surface area (Å²) in [5, 5.41) is 11.2. The molecule has 0 bridgehead atoms. The quantitative estimate of drug-likeness (QED) is 0.323. The number of aromatic nitrogens is 5. The van der Waals surface area contributed by atoms with Crippen molar-refractivity contribution in [3.05, 3.63) is 84.3 Å². The highest BCUT2D eigenvalue weighted by Gasteiger charge is 2.15. The van der Waals surface area contributed by atoms with Crippen molar-refractivity contribution in [2.24, 2.45) is 0 Å². The summed E-state index contributed by atoms with van der Waals surface area (Å²) >= 11 is 6.10. The van der Waals surface area contributed by atoms with Gasteiger partial charge in [0.15, 0.2) is 0 Å². The first-order chi connectivity index (χ1) is 15.7. The predicted molar refractivity (Wildman–Crippen MR) is 126 cm³/mol. The molecule has 0 unspecified atom stereocenters. The van der Waals surface area contributed by atoms with Crippen molar-refractivity contribution in [1.82, 2.24) is 25.1 Å². The van der Waals surface area contributed by atoms with Gasteiger partial charge in [-0.3, -0.25) is 10.1 Å². The standard InChI is InChI=1S/C22H14ClFN6.C2H6/c23-14-4-5-19(24)17(9-14)21-16(2-1-7-25-21)13-3-6-20-18(8-13)22(27-12-26-20)30-15-10-28-29-11-15;1-2/h1-12H,(H,28,29)(H,26,27,30);1-2H3. The molecule has 0 atom stereocenters. The molecule has 5 aromatic rings. The molecule has 0 spiro atoms. The van der Waals surface area contributed by atoms with E-state index < -0.39 is 0 Å². The van der Waals surface area contributed by atoms with Gasteiger partial charge < -0.3 is 5.32 Å². The lowest BCUT2D eigenvalue weighted by molar-refractivity contribution is 0.631. The minimum Gasteiger partial charge on any atom is -0.337 e. The van der Waals surface area contributed by atoms with Gasteiger partial charge in [0.25, 0.3) is 0 Å². The number of benzene rings is 2. The van der Waals surface area contributed by atoms with Gasteiger partial charge in [-0.25, -0.2) is 14.4 Å². The second kappa shape index (κ2) is 9.53. The van der Waals surface area contributed by atoms with E-state index in [1.54, 1.807) is 24.7 Å². The second-order valence-electron chi connectivity index (χ2n) is 6.59.